The first-order valence-corrected chi connectivity index (χ1v) is 12.2. The molecule has 3 saturated heterocycles. The number of carbonyl (C=O) groups is 3. The summed E-state index contributed by atoms with van der Waals surface area (Å²) >= 11 is 0. The number of likely N-dealkylation sites (tertiary alicyclic amines) is 1. The van der Waals surface area contributed by atoms with Crippen LogP contribution >= 0.6 is 0 Å². The second kappa shape index (κ2) is 8.72. The molecule has 4 fully saturated rings. The summed E-state index contributed by atoms with van der Waals surface area (Å²) in [5.41, 5.74) is -0.286. The van der Waals surface area contributed by atoms with Gasteiger partial charge in [-0.1, -0.05) is 49.6 Å². The maximum atomic E-state index is 14.0. The molecule has 2 bridgehead atoms. The highest BCUT2D eigenvalue weighted by Gasteiger charge is 2.75. The van der Waals surface area contributed by atoms with Crippen molar-refractivity contribution in [3.05, 3.63) is 35.9 Å². The third kappa shape index (κ3) is 3.46. The van der Waals surface area contributed by atoms with Crippen molar-refractivity contribution in [2.75, 3.05) is 13.7 Å². The number of hydrogen-bond donors (Lipinski definition) is 3. The van der Waals surface area contributed by atoms with Gasteiger partial charge in [-0.15, -0.1) is 0 Å². The molecule has 5 rings (SSSR count). The van der Waals surface area contributed by atoms with E-state index in [0.717, 1.165) is 31.2 Å². The van der Waals surface area contributed by atoms with Crippen molar-refractivity contribution in [2.24, 2.45) is 11.8 Å². The number of aliphatic hydroxyl groups is 1. The van der Waals surface area contributed by atoms with Crippen LogP contribution in [-0.2, 0) is 19.1 Å². The second-order valence-corrected chi connectivity index (χ2v) is 9.87. The van der Waals surface area contributed by atoms with Gasteiger partial charge in [0.05, 0.1) is 30.6 Å². The lowest BCUT2D eigenvalue weighted by Gasteiger charge is -2.38. The fourth-order valence-electron chi connectivity index (χ4n) is 6.75. The fourth-order valence-corrected chi connectivity index (χ4v) is 6.75. The number of aliphatic hydroxyl groups excluding tert-OH is 1. The fraction of sp³-hybridized carbons (Fsp3) is 0.640. The Morgan fingerprint density at radius 2 is 1.88 bits per heavy atom. The van der Waals surface area contributed by atoms with Gasteiger partial charge < -0.3 is 25.4 Å². The highest BCUT2D eigenvalue weighted by molar-refractivity contribution is 5.99. The maximum absolute atomic E-state index is 14.0. The zero-order valence-electron chi connectivity index (χ0n) is 19.0. The van der Waals surface area contributed by atoms with E-state index in [-0.39, 0.29) is 36.5 Å². The molecule has 3 heterocycles. The van der Waals surface area contributed by atoms with Crippen molar-refractivity contribution >= 4 is 17.7 Å². The van der Waals surface area contributed by atoms with Crippen LogP contribution in [0.5, 0.6) is 0 Å². The minimum absolute atomic E-state index is 0.0799. The van der Waals surface area contributed by atoms with Crippen molar-refractivity contribution in [3.8, 4) is 0 Å². The average Bonchev–Trinajstić information content (AvgIpc) is 3.48. The molecule has 3 amide bonds. The van der Waals surface area contributed by atoms with Gasteiger partial charge in [0.1, 0.15) is 11.6 Å². The first-order chi connectivity index (χ1) is 16.0. The molecule has 0 radical (unpaired) electrons. The lowest BCUT2D eigenvalue weighted by Crippen LogP contribution is -2.57. The lowest BCUT2D eigenvalue weighted by atomic mass is 9.70. The summed E-state index contributed by atoms with van der Waals surface area (Å²) in [4.78, 5) is 42.1. The number of nitrogens with zero attached hydrogens (tertiary/aromatic N) is 1. The minimum Gasteiger partial charge on any atom is -0.394 e. The second-order valence-electron chi connectivity index (χ2n) is 9.87. The summed E-state index contributed by atoms with van der Waals surface area (Å²) in [5, 5.41) is 16.3. The zero-order valence-corrected chi connectivity index (χ0v) is 19.0. The topological polar surface area (TPSA) is 108 Å². The number of carbonyl (C=O) groups excluding carboxylic acids is 3. The van der Waals surface area contributed by atoms with Crippen molar-refractivity contribution in [3.63, 3.8) is 0 Å². The SMILES string of the molecule is CNC(=O)[C@@H]1[C@H]2C(=O)N([C@H](CO)c3ccccc3)C(C(=O)NC3CCCCC3)C23CC[C@H]1O3. The Labute approximate surface area is 194 Å². The van der Waals surface area contributed by atoms with Gasteiger partial charge in [0.2, 0.25) is 17.7 Å². The summed E-state index contributed by atoms with van der Waals surface area (Å²) < 4.78 is 6.41. The van der Waals surface area contributed by atoms with E-state index in [9.17, 15) is 19.5 Å². The molecule has 178 valence electrons. The standard InChI is InChI=1S/C25H33N3O5/c1-26-22(30)19-18-12-13-25(33-18)20(19)24(32)28(17(14-29)15-8-4-2-5-9-15)21(25)23(31)27-16-10-6-3-7-11-16/h2,4-5,8-9,16-21,29H,3,6-7,10-14H2,1H3,(H,26,30)(H,27,31)/t17-,18-,19+,20+,21?,25?/m1/s1. The molecule has 33 heavy (non-hydrogen) atoms. The number of hydrogen-bond acceptors (Lipinski definition) is 5. The summed E-state index contributed by atoms with van der Waals surface area (Å²) in [7, 11) is 1.56. The summed E-state index contributed by atoms with van der Waals surface area (Å²) in [6.45, 7) is -0.320. The molecule has 1 aliphatic carbocycles. The van der Waals surface area contributed by atoms with Crippen molar-refractivity contribution in [2.45, 2.75) is 74.8 Å². The van der Waals surface area contributed by atoms with Gasteiger partial charge in [-0.25, -0.2) is 0 Å². The van der Waals surface area contributed by atoms with E-state index in [2.05, 4.69) is 10.6 Å². The van der Waals surface area contributed by atoms with E-state index in [1.165, 1.54) is 11.3 Å². The number of rotatable bonds is 6. The molecule has 4 aliphatic rings. The van der Waals surface area contributed by atoms with Crippen LogP contribution in [0, 0.1) is 11.8 Å². The lowest BCUT2D eigenvalue weighted by molar-refractivity contribution is -0.146. The maximum Gasteiger partial charge on any atom is 0.246 e. The van der Waals surface area contributed by atoms with E-state index in [1.807, 2.05) is 30.3 Å². The Balaban J connectivity index is 1.55. The van der Waals surface area contributed by atoms with Crippen LogP contribution in [0.15, 0.2) is 30.3 Å². The van der Waals surface area contributed by atoms with E-state index in [4.69, 9.17) is 4.74 Å². The average molecular weight is 456 g/mol. The summed E-state index contributed by atoms with van der Waals surface area (Å²) in [5.74, 6) is -2.09. The normalized spacial score (nSPS) is 34.2. The van der Waals surface area contributed by atoms with Crippen LogP contribution in [0.4, 0.5) is 0 Å². The van der Waals surface area contributed by atoms with E-state index >= 15 is 0 Å². The van der Waals surface area contributed by atoms with Crippen molar-refractivity contribution < 1.29 is 24.2 Å². The molecule has 3 aliphatic heterocycles. The molecule has 0 aromatic heterocycles. The van der Waals surface area contributed by atoms with Gasteiger partial charge in [-0.3, -0.25) is 14.4 Å². The molecule has 6 atom stereocenters. The molecular formula is C25H33N3O5. The number of ether oxygens (including phenoxy) is 1. The predicted molar refractivity (Wildman–Crippen MR) is 120 cm³/mol. The molecule has 8 nitrogen and oxygen atoms in total. The van der Waals surface area contributed by atoms with Crippen LogP contribution in [0.3, 0.4) is 0 Å². The van der Waals surface area contributed by atoms with Gasteiger partial charge in [0.15, 0.2) is 0 Å². The molecule has 2 unspecified atom stereocenters. The van der Waals surface area contributed by atoms with Crippen molar-refractivity contribution in [1.82, 2.24) is 15.5 Å². The number of benzene rings is 1. The van der Waals surface area contributed by atoms with E-state index in [1.54, 1.807) is 7.05 Å². The molecule has 1 saturated carbocycles. The third-order valence-corrected chi connectivity index (χ3v) is 8.18. The highest BCUT2D eigenvalue weighted by Crippen LogP contribution is 2.59. The largest absolute Gasteiger partial charge is 0.394 e. The van der Waals surface area contributed by atoms with Gasteiger partial charge in [0, 0.05) is 13.1 Å². The molecule has 3 N–H and O–H groups in total. The Kier molecular flexibility index (Phi) is 5.91. The highest BCUT2D eigenvalue weighted by atomic mass is 16.5. The van der Waals surface area contributed by atoms with Gasteiger partial charge in [0.25, 0.3) is 0 Å². The summed E-state index contributed by atoms with van der Waals surface area (Å²) in [6.07, 6.45) is 6.00. The molecular weight excluding hydrogens is 422 g/mol. The Bertz CT molecular complexity index is 918. The van der Waals surface area contributed by atoms with Crippen LogP contribution < -0.4 is 10.6 Å². The van der Waals surface area contributed by atoms with Crippen LogP contribution in [0.2, 0.25) is 0 Å². The summed E-state index contributed by atoms with van der Waals surface area (Å²) in [6, 6.07) is 7.79. The minimum atomic E-state index is -1.04. The molecule has 8 heteroatoms. The monoisotopic (exact) mass is 455 g/mol. The van der Waals surface area contributed by atoms with Gasteiger partial charge in [-0.2, -0.15) is 0 Å². The first-order valence-electron chi connectivity index (χ1n) is 12.2. The number of fused-ring (bicyclic) bond motifs is 1. The molecule has 1 aromatic rings. The number of nitrogens with one attached hydrogen (secondary N) is 2. The first kappa shape index (κ1) is 22.3. The zero-order chi connectivity index (χ0) is 23.2. The third-order valence-electron chi connectivity index (χ3n) is 8.18. The smallest absolute Gasteiger partial charge is 0.246 e. The molecule has 1 aromatic carbocycles. The van der Waals surface area contributed by atoms with Gasteiger partial charge in [-0.05, 0) is 31.2 Å². The Morgan fingerprint density at radius 1 is 1.15 bits per heavy atom. The quantitative estimate of drug-likeness (QED) is 0.599. The number of amides is 3. The molecule has 1 spiro atoms. The Morgan fingerprint density at radius 3 is 2.55 bits per heavy atom. The van der Waals surface area contributed by atoms with Gasteiger partial charge >= 0.3 is 0 Å². The van der Waals surface area contributed by atoms with E-state index in [0.29, 0.717) is 12.8 Å². The Hall–Kier alpha value is -2.45. The van der Waals surface area contributed by atoms with Crippen LogP contribution in [0.25, 0.3) is 0 Å². The predicted octanol–water partition coefficient (Wildman–Crippen LogP) is 1.29. The van der Waals surface area contributed by atoms with Crippen molar-refractivity contribution in [1.29, 1.82) is 0 Å². The van der Waals surface area contributed by atoms with Crippen LogP contribution in [-0.4, -0.2) is 65.2 Å². The van der Waals surface area contributed by atoms with Crippen LogP contribution in [0.1, 0.15) is 56.6 Å². The van der Waals surface area contributed by atoms with E-state index < -0.39 is 29.5 Å².